The number of azo groups is 1. The summed E-state index contributed by atoms with van der Waals surface area (Å²) in [6.07, 6.45) is 0. The molecule has 0 atom stereocenters. The highest BCUT2D eigenvalue weighted by Gasteiger charge is 2.04. The standard InChI is InChI=1S/C19H18N6/c1-14-13-15(2)21-19(20-14)25-24-18(16-9-5-3-6-10-16)23-22-17-11-7-4-8-12-17/h3-13,22H,1-2H3. The Morgan fingerprint density at radius 3 is 2.08 bits per heavy atom. The van der Waals surface area contributed by atoms with Gasteiger partial charge < -0.3 is 0 Å². The smallest absolute Gasteiger partial charge is 0.269 e. The van der Waals surface area contributed by atoms with Crippen molar-refractivity contribution in [1.29, 1.82) is 0 Å². The zero-order valence-electron chi connectivity index (χ0n) is 14.1. The number of amidine groups is 1. The minimum absolute atomic E-state index is 0.320. The minimum atomic E-state index is 0.320. The molecule has 3 aromatic rings. The molecule has 1 N–H and O–H groups in total. The lowest BCUT2D eigenvalue weighted by atomic mass is 10.2. The molecule has 0 saturated carbocycles. The van der Waals surface area contributed by atoms with Gasteiger partial charge in [-0.2, -0.15) is 5.10 Å². The summed E-state index contributed by atoms with van der Waals surface area (Å²) in [6, 6.07) is 21.2. The number of para-hydroxylation sites is 1. The highest BCUT2D eigenvalue weighted by molar-refractivity contribution is 5.99. The number of hydrazone groups is 1. The first-order valence-corrected chi connectivity index (χ1v) is 7.89. The zero-order valence-corrected chi connectivity index (χ0v) is 14.1. The first-order chi connectivity index (χ1) is 12.2. The largest absolute Gasteiger partial charge is 0.276 e. The highest BCUT2D eigenvalue weighted by atomic mass is 15.3. The molecule has 25 heavy (non-hydrogen) atoms. The van der Waals surface area contributed by atoms with Crippen molar-refractivity contribution in [2.24, 2.45) is 15.3 Å². The Balaban J connectivity index is 1.90. The van der Waals surface area contributed by atoms with Crippen LogP contribution in [0.15, 0.2) is 82.1 Å². The van der Waals surface area contributed by atoms with Gasteiger partial charge in [-0.1, -0.05) is 48.5 Å². The molecule has 0 unspecified atom stereocenters. The van der Waals surface area contributed by atoms with Gasteiger partial charge in [0.25, 0.3) is 5.95 Å². The molecule has 0 radical (unpaired) electrons. The molecular weight excluding hydrogens is 312 g/mol. The molecule has 6 heteroatoms. The second-order valence-corrected chi connectivity index (χ2v) is 5.43. The van der Waals surface area contributed by atoms with Crippen LogP contribution in [0.2, 0.25) is 0 Å². The van der Waals surface area contributed by atoms with E-state index in [2.05, 4.69) is 30.7 Å². The van der Waals surface area contributed by atoms with Gasteiger partial charge in [0.2, 0.25) is 5.84 Å². The first-order valence-electron chi connectivity index (χ1n) is 7.89. The summed E-state index contributed by atoms with van der Waals surface area (Å²) in [4.78, 5) is 8.54. The van der Waals surface area contributed by atoms with Crippen LogP contribution in [0, 0.1) is 13.8 Å². The number of aromatic nitrogens is 2. The third kappa shape index (κ3) is 4.78. The van der Waals surface area contributed by atoms with E-state index in [0.29, 0.717) is 11.8 Å². The van der Waals surface area contributed by atoms with Crippen LogP contribution in [0.4, 0.5) is 11.6 Å². The molecule has 124 valence electrons. The van der Waals surface area contributed by atoms with Crippen molar-refractivity contribution < 1.29 is 0 Å². The molecule has 2 aromatic carbocycles. The molecule has 0 aliphatic heterocycles. The maximum atomic E-state index is 4.37. The van der Waals surface area contributed by atoms with Crippen LogP contribution in [0.1, 0.15) is 17.0 Å². The number of hydrogen-bond donors (Lipinski definition) is 1. The van der Waals surface area contributed by atoms with Gasteiger partial charge in [-0.3, -0.25) is 5.43 Å². The van der Waals surface area contributed by atoms with E-state index < -0.39 is 0 Å². The lowest BCUT2D eigenvalue weighted by Gasteiger charge is -2.03. The van der Waals surface area contributed by atoms with Gasteiger partial charge in [0.05, 0.1) is 5.69 Å². The number of aryl methyl sites for hydroxylation is 2. The third-order valence-electron chi connectivity index (χ3n) is 3.30. The van der Waals surface area contributed by atoms with Crippen LogP contribution in [-0.4, -0.2) is 15.8 Å². The molecule has 0 aliphatic carbocycles. The summed E-state index contributed by atoms with van der Waals surface area (Å²) < 4.78 is 0. The average molecular weight is 330 g/mol. The molecule has 0 amide bonds. The molecule has 0 spiro atoms. The molecule has 1 heterocycles. The quantitative estimate of drug-likeness (QED) is 0.327. The lowest BCUT2D eigenvalue weighted by molar-refractivity contribution is 1.01. The fourth-order valence-electron chi connectivity index (χ4n) is 2.21. The van der Waals surface area contributed by atoms with Gasteiger partial charge in [0.15, 0.2) is 0 Å². The zero-order chi connectivity index (χ0) is 17.5. The van der Waals surface area contributed by atoms with Crippen molar-refractivity contribution >= 4 is 17.5 Å². The van der Waals surface area contributed by atoms with Crippen LogP contribution in [0.25, 0.3) is 0 Å². The third-order valence-corrected chi connectivity index (χ3v) is 3.30. The monoisotopic (exact) mass is 330 g/mol. The van der Waals surface area contributed by atoms with Gasteiger partial charge in [0.1, 0.15) is 0 Å². The van der Waals surface area contributed by atoms with Gasteiger partial charge in [-0.15, -0.1) is 10.2 Å². The van der Waals surface area contributed by atoms with Crippen LogP contribution in [-0.2, 0) is 0 Å². The van der Waals surface area contributed by atoms with Crippen molar-refractivity contribution in [3.05, 3.63) is 83.7 Å². The van der Waals surface area contributed by atoms with E-state index >= 15 is 0 Å². The van der Waals surface area contributed by atoms with Gasteiger partial charge in [0, 0.05) is 17.0 Å². The maximum absolute atomic E-state index is 4.37. The van der Waals surface area contributed by atoms with Crippen LogP contribution in [0.5, 0.6) is 0 Å². The minimum Gasteiger partial charge on any atom is -0.276 e. The topological polar surface area (TPSA) is 74.9 Å². The van der Waals surface area contributed by atoms with Crippen LogP contribution >= 0.6 is 0 Å². The fourth-order valence-corrected chi connectivity index (χ4v) is 2.21. The predicted molar refractivity (Wildman–Crippen MR) is 99.1 cm³/mol. The molecule has 0 bridgehead atoms. The second kappa shape index (κ2) is 7.92. The van der Waals surface area contributed by atoms with Crippen molar-refractivity contribution in [2.45, 2.75) is 13.8 Å². The summed E-state index contributed by atoms with van der Waals surface area (Å²) in [5.41, 5.74) is 6.41. The van der Waals surface area contributed by atoms with Crippen LogP contribution in [0.3, 0.4) is 0 Å². The van der Waals surface area contributed by atoms with E-state index in [1.807, 2.05) is 80.6 Å². The number of rotatable bonds is 4. The average Bonchev–Trinajstić information content (AvgIpc) is 2.62. The SMILES string of the molecule is Cc1cc(C)nc(N=NC(=NNc2ccccc2)c2ccccc2)n1. The van der Waals surface area contributed by atoms with Crippen molar-refractivity contribution in [1.82, 2.24) is 9.97 Å². The van der Waals surface area contributed by atoms with Gasteiger partial charge in [-0.05, 0) is 32.0 Å². The lowest BCUT2D eigenvalue weighted by Crippen LogP contribution is -2.01. The Hall–Kier alpha value is -3.41. The van der Waals surface area contributed by atoms with E-state index in [4.69, 9.17) is 0 Å². The predicted octanol–water partition coefficient (Wildman–Crippen LogP) is 4.65. The summed E-state index contributed by atoms with van der Waals surface area (Å²) in [6.45, 7) is 3.80. The second-order valence-electron chi connectivity index (χ2n) is 5.43. The van der Waals surface area contributed by atoms with Crippen molar-refractivity contribution in [3.63, 3.8) is 0 Å². The highest BCUT2D eigenvalue weighted by Crippen LogP contribution is 2.11. The number of benzene rings is 2. The number of nitrogens with one attached hydrogen (secondary N) is 1. The molecule has 0 aliphatic rings. The number of hydrogen-bond acceptors (Lipinski definition) is 5. The summed E-state index contributed by atoms with van der Waals surface area (Å²) in [5.74, 6) is 0.771. The molecule has 0 saturated heterocycles. The van der Waals surface area contributed by atoms with Gasteiger partial charge >= 0.3 is 0 Å². The molecule has 3 rings (SSSR count). The number of anilines is 1. The van der Waals surface area contributed by atoms with E-state index in [1.54, 1.807) is 0 Å². The van der Waals surface area contributed by atoms with Gasteiger partial charge in [-0.25, -0.2) is 9.97 Å². The fraction of sp³-hybridized carbons (Fsp3) is 0.105. The van der Waals surface area contributed by atoms with Crippen LogP contribution < -0.4 is 5.43 Å². The van der Waals surface area contributed by atoms with Crippen molar-refractivity contribution in [2.75, 3.05) is 5.43 Å². The molecule has 0 fully saturated rings. The Labute approximate surface area is 146 Å². The van der Waals surface area contributed by atoms with Crippen molar-refractivity contribution in [3.8, 4) is 0 Å². The van der Waals surface area contributed by atoms with E-state index in [1.165, 1.54) is 0 Å². The van der Waals surface area contributed by atoms with E-state index in [-0.39, 0.29) is 0 Å². The Morgan fingerprint density at radius 2 is 1.44 bits per heavy atom. The Kier molecular flexibility index (Phi) is 5.21. The first kappa shape index (κ1) is 16.4. The summed E-state index contributed by atoms with van der Waals surface area (Å²) >= 11 is 0. The van der Waals surface area contributed by atoms with E-state index in [9.17, 15) is 0 Å². The number of nitrogens with zero attached hydrogens (tertiary/aromatic N) is 5. The Bertz CT molecular complexity index is 868. The molecular formula is C19H18N6. The van der Waals surface area contributed by atoms with E-state index in [0.717, 1.165) is 22.6 Å². The summed E-state index contributed by atoms with van der Waals surface area (Å²) in [5, 5.41) is 12.8. The molecule has 6 nitrogen and oxygen atoms in total. The molecule has 1 aromatic heterocycles. The summed E-state index contributed by atoms with van der Waals surface area (Å²) in [7, 11) is 0. The normalized spacial score (nSPS) is 11.7. The maximum Gasteiger partial charge on any atom is 0.269 e. The Morgan fingerprint density at radius 1 is 0.840 bits per heavy atom.